The number of carbonyl (C=O) groups is 1. The van der Waals surface area contributed by atoms with Crippen molar-refractivity contribution in [2.24, 2.45) is 46.3 Å². The van der Waals surface area contributed by atoms with E-state index in [1.807, 2.05) is 4.72 Å². The third-order valence-electron chi connectivity index (χ3n) is 11.6. The van der Waals surface area contributed by atoms with Gasteiger partial charge in [-0.05, 0) is 124 Å². The fourth-order valence-corrected chi connectivity index (χ4v) is 9.99. The van der Waals surface area contributed by atoms with E-state index in [4.69, 9.17) is 4.74 Å². The van der Waals surface area contributed by atoms with Gasteiger partial charge in [0.2, 0.25) is 10.0 Å². The van der Waals surface area contributed by atoms with Crippen LogP contribution in [0.25, 0.3) is 0 Å². The third-order valence-corrected chi connectivity index (χ3v) is 13.3. The van der Waals surface area contributed by atoms with Crippen molar-refractivity contribution in [2.45, 2.75) is 123 Å². The average molecular weight is 542 g/mol. The van der Waals surface area contributed by atoms with E-state index >= 15 is 0 Å². The maximum atomic E-state index is 11.8. The van der Waals surface area contributed by atoms with Gasteiger partial charge in [-0.3, -0.25) is 0 Å². The van der Waals surface area contributed by atoms with Gasteiger partial charge in [0, 0.05) is 0 Å². The summed E-state index contributed by atoms with van der Waals surface area (Å²) in [6.07, 6.45) is 9.97. The summed E-state index contributed by atoms with van der Waals surface area (Å²) >= 11 is 0. The van der Waals surface area contributed by atoms with Gasteiger partial charge in [0.1, 0.15) is 0 Å². The average Bonchev–Trinajstić information content (AvgIpc) is 3.16. The molecule has 214 valence electrons. The van der Waals surface area contributed by atoms with Crippen molar-refractivity contribution in [3.8, 4) is 0 Å². The molecule has 8 heteroatoms. The van der Waals surface area contributed by atoms with E-state index in [9.17, 15) is 23.4 Å². The summed E-state index contributed by atoms with van der Waals surface area (Å²) in [4.78, 5) is 11.8. The molecule has 0 radical (unpaired) electrons. The zero-order chi connectivity index (χ0) is 27.2. The van der Waals surface area contributed by atoms with Crippen molar-refractivity contribution in [1.29, 1.82) is 0 Å². The van der Waals surface area contributed by atoms with E-state index in [0.29, 0.717) is 29.6 Å². The Balaban J connectivity index is 1.35. The van der Waals surface area contributed by atoms with Crippen LogP contribution in [-0.2, 0) is 14.8 Å². The number of carbonyl (C=O) groups excluding carboxylic acids is 1. The van der Waals surface area contributed by atoms with Crippen LogP contribution in [0.3, 0.4) is 0 Å². The molecule has 37 heavy (non-hydrogen) atoms. The summed E-state index contributed by atoms with van der Waals surface area (Å²) in [6, 6.07) is 0. The molecule has 10 atom stereocenters. The second-order valence-corrected chi connectivity index (χ2v) is 15.8. The molecule has 3 N–H and O–H groups in total. The zero-order valence-corrected chi connectivity index (χ0v) is 24.4. The highest BCUT2D eigenvalue weighted by Crippen LogP contribution is 2.69. The SMILES string of the molecule is CC[C@H]1[C@@H](O)[C@@H]2[C@H](CC[C@]3(C)[C@@H](CCCCOC(=O)NS(=O)(=O)C(C)C)CC[C@@H]23)[C@@]2(C)CC[C@@H](O)C[C@@H]12. The van der Waals surface area contributed by atoms with Gasteiger partial charge in [0.15, 0.2) is 0 Å². The first kappa shape index (κ1) is 29.1. The smallest absolute Gasteiger partial charge is 0.420 e. The Morgan fingerprint density at radius 2 is 1.68 bits per heavy atom. The lowest BCUT2D eigenvalue weighted by Gasteiger charge is -2.64. The largest absolute Gasteiger partial charge is 0.449 e. The standard InChI is InChI=1S/C29H51NO6S/c1-6-21-24-17-20(31)12-14-29(24,5)23-13-15-28(4)19(10-11-22(28)25(23)26(21)32)9-7-8-16-36-27(33)30-37(34,35)18(2)3/h18-26,31-32H,6-17H2,1-5H3,(H,30,33)/t19-,20+,21+,22-,23-,24-,25-,26+,28+,29+/m0/s1. The molecule has 0 bridgehead atoms. The van der Waals surface area contributed by atoms with Crippen molar-refractivity contribution in [3.63, 3.8) is 0 Å². The summed E-state index contributed by atoms with van der Waals surface area (Å²) < 4.78 is 30.7. The molecular formula is C29H51NO6S. The molecule has 0 saturated heterocycles. The number of sulfonamides is 1. The van der Waals surface area contributed by atoms with Gasteiger partial charge < -0.3 is 14.9 Å². The van der Waals surface area contributed by atoms with Crippen LogP contribution >= 0.6 is 0 Å². The van der Waals surface area contributed by atoms with E-state index in [1.54, 1.807) is 0 Å². The number of ether oxygens (including phenoxy) is 1. The zero-order valence-electron chi connectivity index (χ0n) is 23.6. The first-order valence-electron chi connectivity index (χ1n) is 14.9. The Hall–Kier alpha value is -0.860. The molecule has 4 rings (SSSR count). The molecule has 4 saturated carbocycles. The van der Waals surface area contributed by atoms with Crippen LogP contribution < -0.4 is 4.72 Å². The highest BCUT2D eigenvalue weighted by atomic mass is 32.2. The predicted octanol–water partition coefficient (Wildman–Crippen LogP) is 5.25. The van der Waals surface area contributed by atoms with Gasteiger partial charge in [-0.25, -0.2) is 17.9 Å². The van der Waals surface area contributed by atoms with Gasteiger partial charge >= 0.3 is 6.09 Å². The number of unbranched alkanes of at least 4 members (excludes halogenated alkanes) is 1. The Morgan fingerprint density at radius 1 is 1.00 bits per heavy atom. The summed E-state index contributed by atoms with van der Waals surface area (Å²) in [5.74, 6) is 2.78. The van der Waals surface area contributed by atoms with Crippen molar-refractivity contribution in [3.05, 3.63) is 0 Å². The lowest BCUT2D eigenvalue weighted by Crippen LogP contribution is -2.62. The van der Waals surface area contributed by atoms with Crippen LogP contribution in [-0.4, -0.2) is 48.8 Å². The number of hydrogen-bond donors (Lipinski definition) is 3. The van der Waals surface area contributed by atoms with Crippen LogP contribution in [0, 0.1) is 46.3 Å². The molecule has 1 amide bonds. The lowest BCUT2D eigenvalue weighted by atomic mass is 9.41. The quantitative estimate of drug-likeness (QED) is 0.362. The van der Waals surface area contributed by atoms with Crippen molar-refractivity contribution in [2.75, 3.05) is 6.61 Å². The first-order chi connectivity index (χ1) is 17.3. The molecule has 0 aromatic heterocycles. The molecular weight excluding hydrogens is 490 g/mol. The number of amides is 1. The maximum Gasteiger partial charge on any atom is 0.420 e. The number of aliphatic hydroxyl groups excluding tert-OH is 2. The molecule has 0 unspecified atom stereocenters. The lowest BCUT2D eigenvalue weighted by molar-refractivity contribution is -0.202. The number of rotatable bonds is 8. The van der Waals surface area contributed by atoms with Gasteiger partial charge in [-0.2, -0.15) is 0 Å². The molecule has 0 aromatic rings. The molecule has 4 fully saturated rings. The van der Waals surface area contributed by atoms with Crippen LogP contribution in [0.4, 0.5) is 4.79 Å². The molecule has 0 aromatic carbocycles. The minimum Gasteiger partial charge on any atom is -0.449 e. The number of hydrogen-bond acceptors (Lipinski definition) is 6. The van der Waals surface area contributed by atoms with E-state index in [-0.39, 0.29) is 35.6 Å². The normalized spacial score (nSPS) is 43.6. The molecule has 0 heterocycles. The van der Waals surface area contributed by atoms with E-state index in [2.05, 4.69) is 20.8 Å². The second-order valence-electron chi connectivity index (χ2n) is 13.5. The second kappa shape index (κ2) is 11.0. The van der Waals surface area contributed by atoms with Crippen LogP contribution in [0.1, 0.15) is 105 Å². The number of aliphatic hydroxyl groups is 2. The summed E-state index contributed by atoms with van der Waals surface area (Å²) in [7, 11) is -3.67. The van der Waals surface area contributed by atoms with Gasteiger partial charge in [0.25, 0.3) is 0 Å². The third kappa shape index (κ3) is 5.32. The summed E-state index contributed by atoms with van der Waals surface area (Å²) in [6.45, 7) is 10.4. The van der Waals surface area contributed by atoms with E-state index in [0.717, 1.165) is 44.9 Å². The summed E-state index contributed by atoms with van der Waals surface area (Å²) in [5, 5.41) is 21.6. The van der Waals surface area contributed by atoms with Gasteiger partial charge in [-0.1, -0.05) is 27.2 Å². The number of nitrogens with one attached hydrogen (secondary N) is 1. The Morgan fingerprint density at radius 3 is 2.35 bits per heavy atom. The van der Waals surface area contributed by atoms with Crippen molar-refractivity contribution in [1.82, 2.24) is 4.72 Å². The van der Waals surface area contributed by atoms with Crippen molar-refractivity contribution < 1.29 is 28.2 Å². The first-order valence-corrected chi connectivity index (χ1v) is 16.4. The van der Waals surface area contributed by atoms with E-state index in [1.165, 1.54) is 39.5 Å². The van der Waals surface area contributed by atoms with Crippen LogP contribution in [0.15, 0.2) is 0 Å². The Bertz CT molecular complexity index is 923. The summed E-state index contributed by atoms with van der Waals surface area (Å²) in [5.41, 5.74) is 0.464. The molecule has 7 nitrogen and oxygen atoms in total. The fraction of sp³-hybridized carbons (Fsp3) is 0.966. The maximum absolute atomic E-state index is 11.8. The predicted molar refractivity (Wildman–Crippen MR) is 144 cm³/mol. The van der Waals surface area contributed by atoms with Crippen LogP contribution in [0.2, 0.25) is 0 Å². The van der Waals surface area contributed by atoms with Gasteiger partial charge in [0.05, 0.1) is 24.1 Å². The molecule has 0 spiro atoms. The minimum atomic E-state index is -3.67. The van der Waals surface area contributed by atoms with Crippen molar-refractivity contribution >= 4 is 16.1 Å². The van der Waals surface area contributed by atoms with Gasteiger partial charge in [-0.15, -0.1) is 0 Å². The Kier molecular flexibility index (Phi) is 8.63. The molecule has 0 aliphatic heterocycles. The highest BCUT2D eigenvalue weighted by molar-refractivity contribution is 7.90. The molecule has 4 aliphatic carbocycles. The monoisotopic (exact) mass is 541 g/mol. The Labute approximate surface area is 224 Å². The van der Waals surface area contributed by atoms with Crippen LogP contribution in [0.5, 0.6) is 0 Å². The van der Waals surface area contributed by atoms with E-state index < -0.39 is 21.4 Å². The number of fused-ring (bicyclic) bond motifs is 5. The highest BCUT2D eigenvalue weighted by Gasteiger charge is 2.64. The fourth-order valence-electron chi connectivity index (χ4n) is 9.46. The topological polar surface area (TPSA) is 113 Å². The molecule has 4 aliphatic rings. The minimum absolute atomic E-state index is 0.213.